The summed E-state index contributed by atoms with van der Waals surface area (Å²) in [5.74, 6) is 0. The normalized spacial score (nSPS) is 15.7. The maximum Gasteiger partial charge on any atom is 0.0531 e. The van der Waals surface area contributed by atoms with Gasteiger partial charge in [0.25, 0.3) is 0 Å². The van der Waals surface area contributed by atoms with Gasteiger partial charge in [-0.25, -0.2) is 0 Å². The molecule has 0 N–H and O–H groups in total. The van der Waals surface area contributed by atoms with Gasteiger partial charge in [-0.2, -0.15) is 0 Å². The largest absolute Gasteiger partial charge is 0.371 e. The maximum atomic E-state index is 4.41. The Morgan fingerprint density at radius 3 is 2.62 bits per heavy atom. The number of fused-ring (bicyclic) bond motifs is 1. The van der Waals surface area contributed by atoms with Crippen LogP contribution in [-0.4, -0.2) is 24.5 Å². The Kier molecular flexibility index (Phi) is 6.68. The van der Waals surface area contributed by atoms with E-state index in [9.17, 15) is 0 Å². The van der Waals surface area contributed by atoms with Crippen molar-refractivity contribution in [3.63, 3.8) is 0 Å². The van der Waals surface area contributed by atoms with E-state index in [0.29, 0.717) is 0 Å². The summed E-state index contributed by atoms with van der Waals surface area (Å²) >= 11 is 0. The Hall–Kier alpha value is -2.48. The molecule has 1 aromatic carbocycles. The fourth-order valence-electron chi connectivity index (χ4n) is 3.78. The van der Waals surface area contributed by atoms with Crippen molar-refractivity contribution in [3.8, 4) is 0 Å². The van der Waals surface area contributed by atoms with Gasteiger partial charge in [0.15, 0.2) is 0 Å². The van der Waals surface area contributed by atoms with Crippen LogP contribution in [0.4, 0.5) is 5.69 Å². The zero-order valence-corrected chi connectivity index (χ0v) is 16.9. The van der Waals surface area contributed by atoms with Crippen molar-refractivity contribution in [2.24, 2.45) is 0 Å². The van der Waals surface area contributed by atoms with E-state index in [1.807, 2.05) is 12.2 Å². The van der Waals surface area contributed by atoms with Gasteiger partial charge in [-0.15, -0.1) is 0 Å². The third-order valence-electron chi connectivity index (χ3n) is 5.23. The van der Waals surface area contributed by atoms with Crippen LogP contribution in [0.3, 0.4) is 0 Å². The first-order valence-corrected chi connectivity index (χ1v) is 9.37. The molecule has 0 fully saturated rings. The second-order valence-corrected chi connectivity index (χ2v) is 6.80. The fourth-order valence-corrected chi connectivity index (χ4v) is 3.78. The number of allylic oxidation sites excluding steroid dienone is 5. The molecule has 0 saturated heterocycles. The summed E-state index contributed by atoms with van der Waals surface area (Å²) in [7, 11) is 2.12. The fraction of sp³-hybridized carbons (Fsp3) is 0.333. The molecule has 0 radical (unpaired) electrons. The van der Waals surface area contributed by atoms with Crippen molar-refractivity contribution in [1.82, 2.24) is 4.90 Å². The predicted octanol–water partition coefficient (Wildman–Crippen LogP) is 6.09. The van der Waals surface area contributed by atoms with Crippen molar-refractivity contribution in [1.29, 1.82) is 0 Å². The number of hydrogen-bond acceptors (Lipinski definition) is 2. The monoisotopic (exact) mass is 348 g/mol. The van der Waals surface area contributed by atoms with E-state index >= 15 is 0 Å². The standard InChI is InChI=1S/C24H32N2/c1-8-10-11-12-13-17-26(9-2)21(6)24-19(4)23-18(3)15-14-16-22(23)25(7)20(24)5/h8,10-11,13-17,21H,1,5,9,12H2,2-4,6-7H3/b11-10?,17-13+. The maximum absolute atomic E-state index is 4.41. The molecule has 1 aliphatic rings. The van der Waals surface area contributed by atoms with E-state index in [0.717, 1.165) is 18.7 Å². The first kappa shape index (κ1) is 19.8. The highest BCUT2D eigenvalue weighted by Crippen LogP contribution is 2.42. The Labute approximate surface area is 159 Å². The van der Waals surface area contributed by atoms with Crippen molar-refractivity contribution < 1.29 is 0 Å². The lowest BCUT2D eigenvalue weighted by atomic mass is 9.86. The predicted molar refractivity (Wildman–Crippen MR) is 116 cm³/mol. The van der Waals surface area contributed by atoms with Gasteiger partial charge in [-0.05, 0) is 57.5 Å². The van der Waals surface area contributed by atoms with E-state index in [1.165, 1.54) is 28.0 Å². The highest BCUT2D eigenvalue weighted by Gasteiger charge is 2.28. The molecule has 2 rings (SSSR count). The van der Waals surface area contributed by atoms with Crippen molar-refractivity contribution in [2.75, 3.05) is 18.5 Å². The molecule has 0 aromatic heterocycles. The quantitative estimate of drug-likeness (QED) is 0.550. The number of nitrogens with zero attached hydrogens (tertiary/aromatic N) is 2. The van der Waals surface area contributed by atoms with Gasteiger partial charge in [-0.3, -0.25) is 0 Å². The van der Waals surface area contributed by atoms with Crippen molar-refractivity contribution >= 4 is 11.3 Å². The van der Waals surface area contributed by atoms with Gasteiger partial charge in [0.2, 0.25) is 0 Å². The van der Waals surface area contributed by atoms with Crippen LogP contribution in [0.1, 0.15) is 38.3 Å². The third-order valence-corrected chi connectivity index (χ3v) is 5.23. The van der Waals surface area contributed by atoms with E-state index in [2.05, 4.69) is 94.3 Å². The topological polar surface area (TPSA) is 6.48 Å². The summed E-state index contributed by atoms with van der Waals surface area (Å²) in [4.78, 5) is 4.61. The molecule has 0 aliphatic carbocycles. The number of anilines is 1. The molecule has 1 aromatic rings. The van der Waals surface area contributed by atoms with Crippen LogP contribution in [0.15, 0.2) is 73.1 Å². The molecule has 0 amide bonds. The van der Waals surface area contributed by atoms with E-state index in [4.69, 9.17) is 0 Å². The first-order chi connectivity index (χ1) is 12.4. The number of aryl methyl sites for hydroxylation is 1. The molecule has 0 spiro atoms. The molecule has 1 heterocycles. The van der Waals surface area contributed by atoms with Gasteiger partial charge in [0, 0.05) is 36.1 Å². The third kappa shape index (κ3) is 3.85. The zero-order chi connectivity index (χ0) is 19.3. The Balaban J connectivity index is 2.39. The highest BCUT2D eigenvalue weighted by molar-refractivity contribution is 5.88. The van der Waals surface area contributed by atoms with Crippen molar-refractivity contribution in [3.05, 3.63) is 84.3 Å². The van der Waals surface area contributed by atoms with E-state index < -0.39 is 0 Å². The lowest BCUT2D eigenvalue weighted by Crippen LogP contribution is -2.35. The minimum atomic E-state index is 0.266. The molecule has 1 unspecified atom stereocenters. The van der Waals surface area contributed by atoms with Crippen LogP contribution in [0, 0.1) is 6.92 Å². The van der Waals surface area contributed by atoms with Gasteiger partial charge in [0.05, 0.1) is 6.04 Å². The van der Waals surface area contributed by atoms with Gasteiger partial charge < -0.3 is 9.80 Å². The van der Waals surface area contributed by atoms with Crippen LogP contribution in [0.25, 0.3) is 5.57 Å². The van der Waals surface area contributed by atoms with Crippen LogP contribution in [0.5, 0.6) is 0 Å². The zero-order valence-electron chi connectivity index (χ0n) is 16.9. The van der Waals surface area contributed by atoms with Crippen LogP contribution in [-0.2, 0) is 0 Å². The summed E-state index contributed by atoms with van der Waals surface area (Å²) in [6.07, 6.45) is 11.2. The number of hydrogen-bond donors (Lipinski definition) is 0. The van der Waals surface area contributed by atoms with Crippen LogP contribution < -0.4 is 4.90 Å². The first-order valence-electron chi connectivity index (χ1n) is 9.37. The average Bonchev–Trinajstić information content (AvgIpc) is 2.62. The summed E-state index contributed by atoms with van der Waals surface area (Å²) in [6, 6.07) is 6.76. The minimum absolute atomic E-state index is 0.266. The molecule has 0 saturated carbocycles. The Bertz CT molecular complexity index is 764. The molecule has 1 aliphatic heterocycles. The Morgan fingerprint density at radius 2 is 1.96 bits per heavy atom. The lowest BCUT2D eigenvalue weighted by Gasteiger charge is -2.39. The van der Waals surface area contributed by atoms with Gasteiger partial charge in [0.1, 0.15) is 0 Å². The summed E-state index contributed by atoms with van der Waals surface area (Å²) in [5.41, 5.74) is 7.66. The van der Waals surface area contributed by atoms with Crippen LogP contribution >= 0.6 is 0 Å². The summed E-state index contributed by atoms with van der Waals surface area (Å²) in [6.45, 7) is 18.0. The second-order valence-electron chi connectivity index (χ2n) is 6.80. The number of rotatable bonds is 7. The molecular formula is C24H32N2. The highest BCUT2D eigenvalue weighted by atomic mass is 15.2. The second kappa shape index (κ2) is 8.75. The lowest BCUT2D eigenvalue weighted by molar-refractivity contribution is 0.343. The van der Waals surface area contributed by atoms with Gasteiger partial charge in [-0.1, -0.05) is 49.6 Å². The minimum Gasteiger partial charge on any atom is -0.371 e. The average molecular weight is 349 g/mol. The molecule has 0 bridgehead atoms. The van der Waals surface area contributed by atoms with E-state index in [1.54, 1.807) is 0 Å². The molecule has 2 nitrogen and oxygen atoms in total. The SMILES string of the molecule is C=CC=CC/C=C/N(CC)C(C)C1=C(C)c2c(C)cccc2N(C)C1=C. The number of benzene rings is 1. The van der Waals surface area contributed by atoms with Crippen LogP contribution in [0.2, 0.25) is 0 Å². The molecule has 138 valence electrons. The van der Waals surface area contributed by atoms with E-state index in [-0.39, 0.29) is 6.04 Å². The number of likely N-dealkylation sites (N-methyl/N-ethyl adjacent to an activating group) is 2. The smallest absolute Gasteiger partial charge is 0.0531 e. The molecular weight excluding hydrogens is 316 g/mol. The molecule has 26 heavy (non-hydrogen) atoms. The van der Waals surface area contributed by atoms with Crippen molar-refractivity contribution in [2.45, 2.75) is 40.2 Å². The molecule has 2 heteroatoms. The van der Waals surface area contributed by atoms with Gasteiger partial charge >= 0.3 is 0 Å². The summed E-state index contributed by atoms with van der Waals surface area (Å²) < 4.78 is 0. The molecule has 1 atom stereocenters. The Morgan fingerprint density at radius 1 is 1.23 bits per heavy atom. The summed E-state index contributed by atoms with van der Waals surface area (Å²) in [5, 5.41) is 0.